The third-order valence-electron chi connectivity index (χ3n) is 4.70. The smallest absolute Gasteiger partial charge is 0.346 e. The van der Waals surface area contributed by atoms with E-state index in [4.69, 9.17) is 10.5 Å². The van der Waals surface area contributed by atoms with Crippen LogP contribution >= 0.6 is 23.7 Å². The lowest BCUT2D eigenvalue weighted by atomic mass is 10.1. The number of allylic oxidation sites excluding steroid dienone is 1. The van der Waals surface area contributed by atoms with Crippen LogP contribution in [0.15, 0.2) is 53.1 Å². The maximum atomic E-state index is 12.6. The van der Waals surface area contributed by atoms with Gasteiger partial charge in [-0.2, -0.15) is 5.10 Å². The number of amides is 1. The molecule has 0 fully saturated rings. The molecule has 4 rings (SSSR count). The SMILES string of the molecule is C/C=C(/CN)Cn1ncn(Cc2ccc(-c3ccc4c(c3)NC(=O)CO4)s2)c1=O.Cl. The molecule has 0 saturated carbocycles. The Balaban J connectivity index is 0.00000256. The summed E-state index contributed by atoms with van der Waals surface area (Å²) in [6.45, 7) is 3.18. The summed E-state index contributed by atoms with van der Waals surface area (Å²) in [6.07, 6.45) is 3.46. The molecule has 1 aliphatic rings. The zero-order valence-corrected chi connectivity index (χ0v) is 18.0. The molecule has 2 aromatic heterocycles. The average molecular weight is 448 g/mol. The second-order valence-electron chi connectivity index (χ2n) is 6.66. The number of anilines is 1. The topological polar surface area (TPSA) is 104 Å². The number of benzene rings is 1. The number of fused-ring (bicyclic) bond motifs is 1. The van der Waals surface area contributed by atoms with Gasteiger partial charge in [0.2, 0.25) is 0 Å². The Labute approximate surface area is 183 Å². The van der Waals surface area contributed by atoms with E-state index in [0.29, 0.717) is 31.1 Å². The van der Waals surface area contributed by atoms with Gasteiger partial charge in [-0.05, 0) is 48.4 Å². The summed E-state index contributed by atoms with van der Waals surface area (Å²) in [6, 6.07) is 9.72. The Morgan fingerprint density at radius 2 is 2.17 bits per heavy atom. The van der Waals surface area contributed by atoms with Crippen LogP contribution in [0.5, 0.6) is 5.75 Å². The van der Waals surface area contributed by atoms with Crippen LogP contribution < -0.4 is 21.5 Å². The van der Waals surface area contributed by atoms with Crippen LogP contribution in [0.25, 0.3) is 10.4 Å². The van der Waals surface area contributed by atoms with Crippen LogP contribution in [-0.2, 0) is 17.9 Å². The van der Waals surface area contributed by atoms with Crippen LogP contribution in [0.1, 0.15) is 11.8 Å². The van der Waals surface area contributed by atoms with Gasteiger partial charge >= 0.3 is 5.69 Å². The van der Waals surface area contributed by atoms with Gasteiger partial charge in [-0.25, -0.2) is 9.48 Å². The molecule has 3 aromatic rings. The van der Waals surface area contributed by atoms with E-state index in [9.17, 15) is 9.59 Å². The van der Waals surface area contributed by atoms with Gasteiger partial charge in [0.25, 0.3) is 5.91 Å². The van der Waals surface area contributed by atoms with Crippen molar-refractivity contribution in [2.45, 2.75) is 20.0 Å². The van der Waals surface area contributed by atoms with Gasteiger partial charge < -0.3 is 15.8 Å². The minimum atomic E-state index is -0.165. The number of carbonyl (C=O) groups excluding carboxylic acids is 1. The molecule has 0 radical (unpaired) electrons. The number of nitrogens with two attached hydrogens (primary N) is 1. The molecule has 1 aromatic carbocycles. The highest BCUT2D eigenvalue weighted by Gasteiger charge is 2.17. The number of ether oxygens (including phenoxy) is 1. The molecule has 1 aliphatic heterocycles. The summed E-state index contributed by atoms with van der Waals surface area (Å²) in [4.78, 5) is 26.2. The summed E-state index contributed by atoms with van der Waals surface area (Å²) >= 11 is 1.59. The lowest BCUT2D eigenvalue weighted by molar-refractivity contribution is -0.118. The van der Waals surface area contributed by atoms with Crippen LogP contribution in [0.3, 0.4) is 0 Å². The Bertz CT molecular complexity index is 1150. The lowest BCUT2D eigenvalue weighted by Crippen LogP contribution is -2.26. The van der Waals surface area contributed by atoms with Crippen molar-refractivity contribution in [2.24, 2.45) is 5.73 Å². The van der Waals surface area contributed by atoms with Crippen LogP contribution in [0.4, 0.5) is 5.69 Å². The molecule has 0 bridgehead atoms. The van der Waals surface area contributed by atoms with Gasteiger partial charge in [-0.3, -0.25) is 9.36 Å². The monoisotopic (exact) mass is 447 g/mol. The molecule has 3 N–H and O–H groups in total. The number of rotatable bonds is 6. The summed E-state index contributed by atoms with van der Waals surface area (Å²) < 4.78 is 8.41. The highest BCUT2D eigenvalue weighted by atomic mass is 35.5. The highest BCUT2D eigenvalue weighted by Crippen LogP contribution is 2.35. The molecule has 3 heterocycles. The molecule has 30 heavy (non-hydrogen) atoms. The third kappa shape index (κ3) is 4.48. The van der Waals surface area contributed by atoms with Crippen molar-refractivity contribution < 1.29 is 9.53 Å². The minimum absolute atomic E-state index is 0. The van der Waals surface area contributed by atoms with Gasteiger partial charge in [0.05, 0.1) is 18.8 Å². The first kappa shape index (κ1) is 21.8. The lowest BCUT2D eigenvalue weighted by Gasteiger charge is -2.18. The van der Waals surface area contributed by atoms with Crippen molar-refractivity contribution in [1.82, 2.24) is 14.3 Å². The summed E-state index contributed by atoms with van der Waals surface area (Å²) in [5.41, 5.74) is 8.12. The van der Waals surface area contributed by atoms with Crippen molar-refractivity contribution in [3.63, 3.8) is 0 Å². The molecular formula is C20H22ClN5O3S. The third-order valence-corrected chi connectivity index (χ3v) is 5.82. The molecule has 0 atom stereocenters. The van der Waals surface area contributed by atoms with E-state index in [1.54, 1.807) is 22.2 Å². The minimum Gasteiger partial charge on any atom is -0.482 e. The van der Waals surface area contributed by atoms with Crippen molar-refractivity contribution in [2.75, 3.05) is 18.5 Å². The van der Waals surface area contributed by atoms with Crippen molar-refractivity contribution in [1.29, 1.82) is 0 Å². The molecule has 0 saturated heterocycles. The fourth-order valence-corrected chi connectivity index (χ4v) is 4.08. The first-order valence-electron chi connectivity index (χ1n) is 9.19. The van der Waals surface area contributed by atoms with Gasteiger partial charge in [0.1, 0.15) is 12.1 Å². The number of aromatic nitrogens is 3. The van der Waals surface area contributed by atoms with Crippen LogP contribution in [-0.4, -0.2) is 33.4 Å². The summed E-state index contributed by atoms with van der Waals surface area (Å²) in [5.74, 6) is 0.510. The second-order valence-corrected chi connectivity index (χ2v) is 7.83. The fourth-order valence-electron chi connectivity index (χ4n) is 3.08. The van der Waals surface area contributed by atoms with E-state index < -0.39 is 0 Å². The van der Waals surface area contributed by atoms with Gasteiger partial charge in [0, 0.05) is 16.3 Å². The Morgan fingerprint density at radius 1 is 1.33 bits per heavy atom. The molecule has 8 nitrogen and oxygen atoms in total. The molecule has 0 unspecified atom stereocenters. The number of nitrogens with one attached hydrogen (secondary N) is 1. The highest BCUT2D eigenvalue weighted by molar-refractivity contribution is 7.15. The predicted molar refractivity (Wildman–Crippen MR) is 120 cm³/mol. The maximum absolute atomic E-state index is 12.6. The van der Waals surface area contributed by atoms with Gasteiger partial charge in [0.15, 0.2) is 6.61 Å². The van der Waals surface area contributed by atoms with E-state index in [-0.39, 0.29) is 30.6 Å². The Hall–Kier alpha value is -2.88. The van der Waals surface area contributed by atoms with Crippen molar-refractivity contribution >= 4 is 35.3 Å². The van der Waals surface area contributed by atoms with E-state index in [2.05, 4.69) is 10.4 Å². The van der Waals surface area contributed by atoms with Gasteiger partial charge in [-0.15, -0.1) is 23.7 Å². The largest absolute Gasteiger partial charge is 0.482 e. The molecule has 10 heteroatoms. The zero-order chi connectivity index (χ0) is 20.4. The number of hydrogen-bond donors (Lipinski definition) is 2. The Morgan fingerprint density at radius 3 is 2.93 bits per heavy atom. The number of carbonyl (C=O) groups is 1. The van der Waals surface area contributed by atoms with E-state index in [1.165, 1.54) is 4.68 Å². The molecule has 0 spiro atoms. The standard InChI is InChI=1S/C20H21N5O3S.ClH/c1-2-13(8-21)9-25-20(27)24(12-22-25)10-15-4-6-18(29-15)14-3-5-17-16(7-14)23-19(26)11-28-17;/h2-7,12H,8-11,21H2,1H3,(H,23,26);1H/b13-2-;. The molecule has 1 amide bonds. The second kappa shape index (κ2) is 9.29. The zero-order valence-electron chi connectivity index (χ0n) is 16.3. The predicted octanol–water partition coefficient (Wildman–Crippen LogP) is 2.48. The number of halogens is 1. The Kier molecular flexibility index (Phi) is 6.76. The van der Waals surface area contributed by atoms with E-state index >= 15 is 0 Å². The number of thiophene rings is 1. The van der Waals surface area contributed by atoms with E-state index in [1.807, 2.05) is 43.3 Å². The van der Waals surface area contributed by atoms with Crippen LogP contribution in [0.2, 0.25) is 0 Å². The summed E-state index contributed by atoms with van der Waals surface area (Å²) in [7, 11) is 0. The number of nitrogens with zero attached hydrogens (tertiary/aromatic N) is 3. The first-order valence-corrected chi connectivity index (χ1v) is 10.0. The van der Waals surface area contributed by atoms with Crippen molar-refractivity contribution in [3.05, 3.63) is 63.7 Å². The maximum Gasteiger partial charge on any atom is 0.346 e. The van der Waals surface area contributed by atoms with Crippen LogP contribution in [0, 0.1) is 0 Å². The van der Waals surface area contributed by atoms with E-state index in [0.717, 1.165) is 20.9 Å². The van der Waals surface area contributed by atoms with Crippen molar-refractivity contribution in [3.8, 4) is 16.2 Å². The average Bonchev–Trinajstić information content (AvgIpc) is 3.33. The fraction of sp³-hybridized carbons (Fsp3) is 0.250. The van der Waals surface area contributed by atoms with Gasteiger partial charge in [-0.1, -0.05) is 6.08 Å². The molecule has 158 valence electrons. The normalized spacial score (nSPS) is 13.3. The quantitative estimate of drug-likeness (QED) is 0.565. The molecule has 0 aliphatic carbocycles. The first-order chi connectivity index (χ1) is 14.1. The summed E-state index contributed by atoms with van der Waals surface area (Å²) in [5, 5.41) is 7.01. The molecular weight excluding hydrogens is 426 g/mol. The number of hydrogen-bond acceptors (Lipinski definition) is 6.